The second kappa shape index (κ2) is 16.6. The van der Waals surface area contributed by atoms with Crippen LogP contribution in [-0.4, -0.2) is 93.1 Å². The van der Waals surface area contributed by atoms with Gasteiger partial charge in [-0.3, -0.25) is 9.59 Å². The van der Waals surface area contributed by atoms with Crippen molar-refractivity contribution >= 4 is 45.9 Å². The van der Waals surface area contributed by atoms with Crippen molar-refractivity contribution in [2.45, 2.75) is 78.6 Å². The number of hydrogen-bond acceptors (Lipinski definition) is 9. The van der Waals surface area contributed by atoms with Crippen LogP contribution >= 0.6 is 0 Å². The van der Waals surface area contributed by atoms with Crippen molar-refractivity contribution in [1.82, 2.24) is 40.4 Å². The summed E-state index contributed by atoms with van der Waals surface area (Å²) in [6, 6.07) is 14.5. The van der Waals surface area contributed by atoms with Gasteiger partial charge in [0, 0.05) is 29.4 Å². The van der Waals surface area contributed by atoms with Crippen molar-refractivity contribution in [2.24, 2.45) is 23.7 Å². The molecule has 2 fully saturated rings. The maximum absolute atomic E-state index is 13.9. The van der Waals surface area contributed by atoms with Crippen LogP contribution in [0.15, 0.2) is 65.3 Å². The first-order chi connectivity index (χ1) is 29.3. The normalized spacial score (nSPS) is 20.2. The molecule has 2 aliphatic heterocycles. The fourth-order valence-corrected chi connectivity index (χ4v) is 9.16. The zero-order valence-corrected chi connectivity index (χ0v) is 35.9. The Morgan fingerprint density at radius 3 is 1.59 bits per heavy atom. The molecule has 8 rings (SSSR count). The number of alkyl carbamates (subject to hydrolysis) is 2. The van der Waals surface area contributed by atoms with Gasteiger partial charge in [-0.05, 0) is 65.3 Å². The largest absolute Gasteiger partial charge is 0.456 e. The van der Waals surface area contributed by atoms with E-state index in [-0.39, 0.29) is 47.6 Å². The highest BCUT2D eigenvalue weighted by molar-refractivity contribution is 6.19. The van der Waals surface area contributed by atoms with Gasteiger partial charge in [0.2, 0.25) is 11.8 Å². The van der Waals surface area contributed by atoms with Crippen LogP contribution < -0.4 is 10.6 Å². The van der Waals surface area contributed by atoms with Crippen LogP contribution in [0.3, 0.4) is 0 Å². The van der Waals surface area contributed by atoms with Crippen LogP contribution in [0.1, 0.15) is 78.1 Å². The van der Waals surface area contributed by atoms with E-state index in [1.54, 1.807) is 6.20 Å². The first-order valence-electron chi connectivity index (χ1n) is 21.0. The molecular weight excluding hydrogens is 777 g/mol. The Hall–Kier alpha value is -6.38. The lowest BCUT2D eigenvalue weighted by molar-refractivity contribution is -0.136. The molecule has 15 heteroatoms. The van der Waals surface area contributed by atoms with Crippen molar-refractivity contribution in [2.75, 3.05) is 27.3 Å². The fourth-order valence-electron chi connectivity index (χ4n) is 9.16. The van der Waals surface area contributed by atoms with Crippen LogP contribution in [0.4, 0.5) is 9.59 Å². The van der Waals surface area contributed by atoms with Gasteiger partial charge in [-0.25, -0.2) is 19.6 Å². The quantitative estimate of drug-likeness (QED) is 0.100. The Bertz CT molecular complexity index is 2560. The average molecular weight is 831 g/mol. The Balaban J connectivity index is 1.04. The Labute approximate surface area is 354 Å². The number of methoxy groups -OCH3 is 2. The van der Waals surface area contributed by atoms with E-state index in [0.29, 0.717) is 24.7 Å². The molecule has 61 heavy (non-hydrogen) atoms. The Kier molecular flexibility index (Phi) is 11.2. The third-order valence-corrected chi connectivity index (χ3v) is 12.3. The van der Waals surface area contributed by atoms with E-state index >= 15 is 0 Å². The lowest BCUT2D eigenvalue weighted by Crippen LogP contribution is -2.51. The van der Waals surface area contributed by atoms with Crippen molar-refractivity contribution in [3.63, 3.8) is 0 Å². The summed E-state index contributed by atoms with van der Waals surface area (Å²) in [5.74, 6) is 1.34. The van der Waals surface area contributed by atoms with Gasteiger partial charge in [0.15, 0.2) is 0 Å². The summed E-state index contributed by atoms with van der Waals surface area (Å²) in [7, 11) is 2.58. The van der Waals surface area contributed by atoms with E-state index in [1.807, 2.05) is 55.8 Å². The van der Waals surface area contributed by atoms with Crippen LogP contribution in [0.25, 0.3) is 55.6 Å². The number of furan rings is 2. The second-order valence-electron chi connectivity index (χ2n) is 17.4. The topological polar surface area (TPSA) is 188 Å². The lowest BCUT2D eigenvalue weighted by Gasteiger charge is -2.30. The number of fused-ring (bicyclic) bond motifs is 5. The van der Waals surface area contributed by atoms with Crippen molar-refractivity contribution < 1.29 is 33.1 Å². The van der Waals surface area contributed by atoms with Gasteiger partial charge in [-0.2, -0.15) is 0 Å². The summed E-state index contributed by atoms with van der Waals surface area (Å²) in [5, 5.41) is 7.43. The Morgan fingerprint density at radius 1 is 0.656 bits per heavy atom. The van der Waals surface area contributed by atoms with Crippen LogP contribution in [0, 0.1) is 23.7 Å². The number of likely N-dealkylation sites (tertiary alicyclic amines) is 2. The standard InChI is InChI=1S/C46H54N8O7/c1-23(2)39(51-45(57)59-7)43(55)53-21-25(5)17-33(53)41-47-19-31(49-41)28-11-9-27(10-12-28)29-13-14-30(38-36-16-15-35(61-36)37(29)38)32-20-48-42(50-32)34-18-26(6)22-54(34)44(56)40(24(3)4)52-46(58)60-8/h9-16,19-20,23-26,33-34,39-40H,17-18,21-22H2,1-8H3,(H,47,49)(H,48,50)(H,51,57)(H,52,58)/t25-,26-,33-,34-,39?,40-/m0/s1. The van der Waals surface area contributed by atoms with Gasteiger partial charge >= 0.3 is 12.2 Å². The number of amides is 4. The maximum Gasteiger partial charge on any atom is 0.407 e. The number of H-pyrrole nitrogens is 2. The maximum atomic E-state index is 13.9. The molecule has 0 radical (unpaired) electrons. The van der Waals surface area contributed by atoms with E-state index in [1.165, 1.54) is 14.2 Å². The molecule has 2 aliphatic rings. The zero-order valence-electron chi connectivity index (χ0n) is 35.9. The molecule has 4 N–H and O–H groups in total. The molecule has 4 aromatic heterocycles. The number of carbonyl (C=O) groups excluding carboxylic acids is 4. The summed E-state index contributed by atoms with van der Waals surface area (Å²) in [5.41, 5.74) is 7.15. The highest BCUT2D eigenvalue weighted by atomic mass is 16.5. The minimum Gasteiger partial charge on any atom is -0.456 e. The SMILES string of the molecule is COC(=O)NC(C(=O)N1C[C@@H](C)C[C@H]1c1ncc(-c2ccc(-c3ccc(-c4cnc([C@@H]5C[C@H](C)CN5C(=O)[C@@H](NC(=O)OC)C(C)C)[nH]4)c4c5ccc(o5)c34)cc2)[nH]1)C(C)C. The fraction of sp³-hybridized carbons (Fsp3) is 0.435. The summed E-state index contributed by atoms with van der Waals surface area (Å²) in [6.45, 7) is 13.0. The van der Waals surface area contributed by atoms with E-state index in [9.17, 15) is 19.2 Å². The van der Waals surface area contributed by atoms with Crippen molar-refractivity contribution in [1.29, 1.82) is 0 Å². The van der Waals surface area contributed by atoms with E-state index in [4.69, 9.17) is 23.9 Å². The molecule has 6 atom stereocenters. The van der Waals surface area contributed by atoms with Crippen molar-refractivity contribution in [3.05, 3.63) is 72.6 Å². The number of nitrogens with one attached hydrogen (secondary N) is 4. The molecular formula is C46H54N8O7. The molecule has 6 aromatic rings. The number of benzene rings is 3. The number of ether oxygens (including phenoxy) is 2. The third-order valence-electron chi connectivity index (χ3n) is 12.3. The molecule has 320 valence electrons. The average Bonchev–Trinajstić information content (AvgIpc) is 4.12. The summed E-state index contributed by atoms with van der Waals surface area (Å²) >= 11 is 0. The summed E-state index contributed by atoms with van der Waals surface area (Å²) in [6.07, 6.45) is 3.85. The molecule has 2 aromatic carbocycles. The number of hydrogen-bond donors (Lipinski definition) is 4. The van der Waals surface area contributed by atoms with Crippen LogP contribution in [-0.2, 0) is 19.1 Å². The number of carbonyl (C=O) groups is 4. The van der Waals surface area contributed by atoms with E-state index in [0.717, 1.165) is 68.4 Å². The molecule has 2 saturated heterocycles. The number of nitrogens with zero attached hydrogens (tertiary/aromatic N) is 4. The molecule has 15 nitrogen and oxygen atoms in total. The minimum absolute atomic E-state index is 0.127. The number of rotatable bonds is 11. The van der Waals surface area contributed by atoms with E-state index in [2.05, 4.69) is 70.8 Å². The molecule has 0 saturated carbocycles. The highest BCUT2D eigenvalue weighted by Crippen LogP contribution is 2.44. The predicted molar refractivity (Wildman–Crippen MR) is 230 cm³/mol. The van der Waals surface area contributed by atoms with Gasteiger partial charge in [0.05, 0.1) is 50.1 Å². The monoisotopic (exact) mass is 830 g/mol. The zero-order chi connectivity index (χ0) is 43.3. The summed E-state index contributed by atoms with van der Waals surface area (Å²) in [4.78, 5) is 72.1. The smallest absolute Gasteiger partial charge is 0.407 e. The van der Waals surface area contributed by atoms with Crippen molar-refractivity contribution in [3.8, 4) is 33.6 Å². The van der Waals surface area contributed by atoms with Gasteiger partial charge in [0.25, 0.3) is 0 Å². The number of aromatic amines is 2. The Morgan fingerprint density at radius 2 is 1.10 bits per heavy atom. The summed E-state index contributed by atoms with van der Waals surface area (Å²) < 4.78 is 15.9. The first-order valence-corrected chi connectivity index (χ1v) is 21.0. The number of imidazole rings is 2. The van der Waals surface area contributed by atoms with Gasteiger partial charge in [-0.15, -0.1) is 0 Å². The highest BCUT2D eigenvalue weighted by Gasteiger charge is 2.42. The van der Waals surface area contributed by atoms with Crippen LogP contribution in [0.5, 0.6) is 0 Å². The molecule has 0 aliphatic carbocycles. The first kappa shape index (κ1) is 41.4. The second-order valence-corrected chi connectivity index (χ2v) is 17.4. The van der Waals surface area contributed by atoms with Gasteiger partial charge in [0.1, 0.15) is 34.9 Å². The van der Waals surface area contributed by atoms with Gasteiger partial charge in [-0.1, -0.05) is 77.9 Å². The molecule has 0 spiro atoms. The van der Waals surface area contributed by atoms with Crippen LogP contribution in [0.2, 0.25) is 0 Å². The molecule has 6 heterocycles. The minimum atomic E-state index is -0.727. The van der Waals surface area contributed by atoms with Gasteiger partial charge < -0.3 is 44.3 Å². The lowest BCUT2D eigenvalue weighted by atomic mass is 9.93. The molecule has 1 unspecified atom stereocenters. The third kappa shape index (κ3) is 7.77. The number of aromatic nitrogens is 4. The van der Waals surface area contributed by atoms with E-state index < -0.39 is 24.3 Å². The molecule has 4 amide bonds. The predicted octanol–water partition coefficient (Wildman–Crippen LogP) is 8.05. The molecule has 2 bridgehead atoms.